The van der Waals surface area contributed by atoms with E-state index in [1.807, 2.05) is 22.7 Å². The maximum absolute atomic E-state index is 5.24. The first kappa shape index (κ1) is 29.2. The molecule has 1 aliphatic rings. The summed E-state index contributed by atoms with van der Waals surface area (Å²) < 4.78 is 3.82. The van der Waals surface area contributed by atoms with Crippen molar-refractivity contribution >= 4 is 59.0 Å². The molecule has 0 bridgehead atoms. The Morgan fingerprint density at radius 3 is 1.92 bits per heavy atom. The molecular weight excluding hydrogens is 647 g/mol. The van der Waals surface area contributed by atoms with Crippen molar-refractivity contribution in [1.82, 2.24) is 15.0 Å². The molecule has 5 heteroatoms. The first-order valence-electron chi connectivity index (χ1n) is 16.9. The summed E-state index contributed by atoms with van der Waals surface area (Å²) in [4.78, 5) is 17.0. The fourth-order valence-electron chi connectivity index (χ4n) is 7.16. The number of thiophene rings is 2. The van der Waals surface area contributed by atoms with Crippen LogP contribution in [0.1, 0.15) is 16.9 Å². The summed E-state index contributed by atoms with van der Waals surface area (Å²) >= 11 is 3.68. The Kier molecular flexibility index (Phi) is 7.00. The molecule has 0 amide bonds. The molecule has 0 aliphatic heterocycles. The fourth-order valence-corrected chi connectivity index (χ4v) is 9.46. The fraction of sp³-hybridized carbons (Fsp3) is 0.0444. The lowest BCUT2D eigenvalue weighted by molar-refractivity contribution is 1.00. The summed E-state index contributed by atoms with van der Waals surface area (Å²) in [6.07, 6.45) is 6.63. The predicted molar refractivity (Wildman–Crippen MR) is 213 cm³/mol. The van der Waals surface area contributed by atoms with Crippen LogP contribution in [0.25, 0.3) is 92.8 Å². The van der Waals surface area contributed by atoms with Crippen molar-refractivity contribution in [3.05, 3.63) is 156 Å². The van der Waals surface area contributed by atoms with Crippen LogP contribution >= 0.6 is 22.7 Å². The van der Waals surface area contributed by atoms with E-state index in [2.05, 4.69) is 152 Å². The van der Waals surface area contributed by atoms with E-state index in [1.165, 1.54) is 51.8 Å². The second-order valence-electron chi connectivity index (χ2n) is 12.7. The summed E-state index contributed by atoms with van der Waals surface area (Å²) in [5.41, 5.74) is 9.10. The minimum atomic E-state index is 0.670. The largest absolute Gasteiger partial charge is 0.208 e. The lowest BCUT2D eigenvalue weighted by Crippen LogP contribution is -2.01. The average molecular weight is 676 g/mol. The number of hydrogen-bond donors (Lipinski definition) is 0. The third-order valence-electron chi connectivity index (χ3n) is 9.63. The first-order valence-corrected chi connectivity index (χ1v) is 18.5. The van der Waals surface area contributed by atoms with Crippen molar-refractivity contribution in [1.29, 1.82) is 0 Å². The van der Waals surface area contributed by atoms with E-state index in [0.29, 0.717) is 17.5 Å². The molecule has 3 aromatic heterocycles. The van der Waals surface area contributed by atoms with Crippen LogP contribution in [-0.2, 0) is 6.42 Å². The van der Waals surface area contributed by atoms with Gasteiger partial charge >= 0.3 is 0 Å². The number of benzene rings is 6. The zero-order valence-electron chi connectivity index (χ0n) is 27.0. The van der Waals surface area contributed by atoms with Crippen molar-refractivity contribution in [2.45, 2.75) is 12.8 Å². The highest BCUT2D eigenvalue weighted by atomic mass is 32.1. The highest BCUT2D eigenvalue weighted by Gasteiger charge is 2.20. The molecule has 0 saturated carbocycles. The molecule has 9 aromatic rings. The van der Waals surface area contributed by atoms with E-state index < -0.39 is 0 Å². The van der Waals surface area contributed by atoms with E-state index in [-0.39, 0.29) is 0 Å². The number of nitrogens with zero attached hydrogens (tertiary/aromatic N) is 3. The van der Waals surface area contributed by atoms with E-state index in [1.54, 1.807) is 0 Å². The molecule has 0 N–H and O–H groups in total. The van der Waals surface area contributed by atoms with Gasteiger partial charge in [-0.2, -0.15) is 0 Å². The lowest BCUT2D eigenvalue weighted by atomic mass is 9.97. The Morgan fingerprint density at radius 1 is 0.440 bits per heavy atom. The lowest BCUT2D eigenvalue weighted by Gasteiger charge is -2.12. The number of aryl methyl sites for hydroxylation is 1. The predicted octanol–water partition coefficient (Wildman–Crippen LogP) is 12.7. The Morgan fingerprint density at radius 2 is 1.06 bits per heavy atom. The topological polar surface area (TPSA) is 38.7 Å². The van der Waals surface area contributed by atoms with E-state index in [0.717, 1.165) is 40.7 Å². The molecule has 50 heavy (non-hydrogen) atoms. The van der Waals surface area contributed by atoms with Crippen molar-refractivity contribution < 1.29 is 0 Å². The highest BCUT2D eigenvalue weighted by molar-refractivity contribution is 7.25. The van der Waals surface area contributed by atoms with Crippen LogP contribution in [0.15, 0.2) is 146 Å². The summed E-state index contributed by atoms with van der Waals surface area (Å²) in [5, 5.41) is 3.76. The SMILES string of the molecule is C1=Cc2sc3cccc(-c4nc(-c5cccc(-c6ccc(-c7ccccc7)cc6)c5)nc(-c5ccc6sc7ccccc7c6c5)n4)c3c2CC1. The van der Waals surface area contributed by atoms with Crippen LogP contribution < -0.4 is 0 Å². The van der Waals surface area contributed by atoms with Gasteiger partial charge in [0, 0.05) is 51.8 Å². The maximum Gasteiger partial charge on any atom is 0.164 e. The van der Waals surface area contributed by atoms with Gasteiger partial charge in [0.2, 0.25) is 0 Å². The van der Waals surface area contributed by atoms with Gasteiger partial charge < -0.3 is 0 Å². The van der Waals surface area contributed by atoms with E-state index >= 15 is 0 Å². The van der Waals surface area contributed by atoms with Crippen LogP contribution in [-0.4, -0.2) is 15.0 Å². The molecule has 3 nitrogen and oxygen atoms in total. The Balaban J connectivity index is 1.14. The third kappa shape index (κ3) is 5.06. The number of rotatable bonds is 5. The van der Waals surface area contributed by atoms with Gasteiger partial charge in [0.1, 0.15) is 0 Å². The minimum absolute atomic E-state index is 0.670. The van der Waals surface area contributed by atoms with Crippen LogP contribution in [0, 0.1) is 0 Å². The average Bonchev–Trinajstić information content (AvgIpc) is 3.76. The quantitative estimate of drug-likeness (QED) is 0.182. The molecule has 0 spiro atoms. The van der Waals surface area contributed by atoms with Gasteiger partial charge in [-0.3, -0.25) is 0 Å². The molecule has 236 valence electrons. The minimum Gasteiger partial charge on any atom is -0.208 e. The van der Waals surface area contributed by atoms with Gasteiger partial charge in [-0.05, 0) is 83.1 Å². The van der Waals surface area contributed by atoms with Crippen LogP contribution in [0.4, 0.5) is 0 Å². The summed E-state index contributed by atoms with van der Waals surface area (Å²) in [7, 11) is 0. The molecule has 0 fully saturated rings. The van der Waals surface area contributed by atoms with Crippen molar-refractivity contribution in [2.24, 2.45) is 0 Å². The maximum atomic E-state index is 5.24. The summed E-state index contributed by atoms with van der Waals surface area (Å²) in [6, 6.07) is 49.6. The second kappa shape index (κ2) is 12.0. The zero-order chi connectivity index (χ0) is 33.0. The van der Waals surface area contributed by atoms with Crippen molar-refractivity contribution in [3.63, 3.8) is 0 Å². The van der Waals surface area contributed by atoms with Crippen molar-refractivity contribution in [3.8, 4) is 56.4 Å². The van der Waals surface area contributed by atoms with Gasteiger partial charge in [0.15, 0.2) is 17.5 Å². The van der Waals surface area contributed by atoms with Crippen LogP contribution in [0.3, 0.4) is 0 Å². The normalized spacial score (nSPS) is 12.6. The van der Waals surface area contributed by atoms with Gasteiger partial charge in [-0.25, -0.2) is 15.0 Å². The standard InChI is InChI=1S/C45H29N3S2/c1-2-10-28(11-3-1)29-20-22-30(23-21-29)31-12-8-13-32(26-31)43-46-44(33-24-25-40-37(27-33)34-14-4-6-17-38(34)49-40)48-45(47-43)36-16-9-19-41-42(36)35-15-5-7-18-39(35)50-41/h1-4,6-14,16-27H,5,15H2. The van der Waals surface area contributed by atoms with Gasteiger partial charge in [0.05, 0.1) is 0 Å². The Hall–Kier alpha value is -5.75. The van der Waals surface area contributed by atoms with Crippen LogP contribution in [0.2, 0.25) is 0 Å². The molecule has 0 atom stereocenters. The molecule has 0 unspecified atom stereocenters. The van der Waals surface area contributed by atoms with Gasteiger partial charge in [0.25, 0.3) is 0 Å². The molecule has 3 heterocycles. The number of fused-ring (bicyclic) bond motifs is 6. The van der Waals surface area contributed by atoms with Crippen molar-refractivity contribution in [2.75, 3.05) is 0 Å². The second-order valence-corrected chi connectivity index (χ2v) is 14.9. The molecule has 1 aliphatic carbocycles. The Labute approximate surface area is 297 Å². The molecule has 10 rings (SSSR count). The van der Waals surface area contributed by atoms with E-state index in [9.17, 15) is 0 Å². The monoisotopic (exact) mass is 675 g/mol. The molecule has 0 radical (unpaired) electrons. The zero-order valence-corrected chi connectivity index (χ0v) is 28.6. The van der Waals surface area contributed by atoms with Gasteiger partial charge in [-0.15, -0.1) is 22.7 Å². The summed E-state index contributed by atoms with van der Waals surface area (Å²) in [5.74, 6) is 2.06. The summed E-state index contributed by atoms with van der Waals surface area (Å²) in [6.45, 7) is 0. The first-order chi connectivity index (χ1) is 24.7. The number of allylic oxidation sites excluding steroid dienone is 1. The number of aromatic nitrogens is 3. The molecule has 0 saturated heterocycles. The molecule has 6 aromatic carbocycles. The number of hydrogen-bond acceptors (Lipinski definition) is 5. The molecular formula is C45H29N3S2. The smallest absolute Gasteiger partial charge is 0.164 e. The third-order valence-corrected chi connectivity index (χ3v) is 11.9. The van der Waals surface area contributed by atoms with Crippen LogP contribution in [0.5, 0.6) is 0 Å². The van der Waals surface area contributed by atoms with Gasteiger partial charge in [-0.1, -0.05) is 109 Å². The Bertz CT molecular complexity index is 2760. The van der Waals surface area contributed by atoms with E-state index in [4.69, 9.17) is 15.0 Å². The highest BCUT2D eigenvalue weighted by Crippen LogP contribution is 2.42.